The Morgan fingerprint density at radius 3 is 2.93 bits per heavy atom. The minimum Gasteiger partial charge on any atom is -0.388 e. The van der Waals surface area contributed by atoms with Gasteiger partial charge in [-0.1, -0.05) is 23.7 Å². The van der Waals surface area contributed by atoms with Gasteiger partial charge >= 0.3 is 0 Å². The van der Waals surface area contributed by atoms with Crippen LogP contribution in [0.5, 0.6) is 0 Å². The monoisotopic (exact) mass is 212 g/mol. The summed E-state index contributed by atoms with van der Waals surface area (Å²) in [4.78, 5) is 0. The number of halogens is 2. The SMILES string of the molecule is C#CCCC(O)c1cccc(Cl)c1F. The Balaban J connectivity index is 2.85. The van der Waals surface area contributed by atoms with E-state index in [1.54, 1.807) is 6.07 Å². The molecule has 74 valence electrons. The molecule has 1 nitrogen and oxygen atoms in total. The van der Waals surface area contributed by atoms with Crippen molar-refractivity contribution in [1.82, 2.24) is 0 Å². The quantitative estimate of drug-likeness (QED) is 0.764. The second-order valence-electron chi connectivity index (χ2n) is 2.90. The molecule has 0 saturated heterocycles. The van der Waals surface area contributed by atoms with Crippen molar-refractivity contribution in [3.05, 3.63) is 34.6 Å². The largest absolute Gasteiger partial charge is 0.388 e. The maximum absolute atomic E-state index is 13.3. The van der Waals surface area contributed by atoms with Crippen LogP contribution in [0, 0.1) is 18.2 Å². The van der Waals surface area contributed by atoms with E-state index in [0.717, 1.165) is 0 Å². The molecule has 1 rings (SSSR count). The van der Waals surface area contributed by atoms with Crippen LogP contribution in [0.15, 0.2) is 18.2 Å². The topological polar surface area (TPSA) is 20.2 Å². The van der Waals surface area contributed by atoms with Crippen molar-refractivity contribution in [2.24, 2.45) is 0 Å². The number of aliphatic hydroxyl groups excluding tert-OH is 1. The van der Waals surface area contributed by atoms with Gasteiger partial charge in [0.25, 0.3) is 0 Å². The molecule has 1 aromatic carbocycles. The molecule has 0 saturated carbocycles. The lowest BCUT2D eigenvalue weighted by Gasteiger charge is -2.10. The molecule has 1 atom stereocenters. The second-order valence-corrected chi connectivity index (χ2v) is 3.31. The van der Waals surface area contributed by atoms with Crippen molar-refractivity contribution in [1.29, 1.82) is 0 Å². The minimum absolute atomic E-state index is 0.0160. The molecule has 0 amide bonds. The van der Waals surface area contributed by atoms with Gasteiger partial charge in [-0.15, -0.1) is 12.3 Å². The van der Waals surface area contributed by atoms with E-state index in [1.807, 2.05) is 0 Å². The highest BCUT2D eigenvalue weighted by Gasteiger charge is 2.13. The molecular formula is C11H10ClFO. The molecule has 1 unspecified atom stereocenters. The Bertz CT molecular complexity index is 357. The van der Waals surface area contributed by atoms with Gasteiger partial charge in [0.2, 0.25) is 0 Å². The summed E-state index contributed by atoms with van der Waals surface area (Å²) in [6.45, 7) is 0. The molecule has 3 heteroatoms. The first kappa shape index (κ1) is 11.0. The summed E-state index contributed by atoms with van der Waals surface area (Å²) in [7, 11) is 0. The van der Waals surface area contributed by atoms with Crippen LogP contribution < -0.4 is 0 Å². The third kappa shape index (κ3) is 2.47. The van der Waals surface area contributed by atoms with Crippen LogP contribution in [0.1, 0.15) is 24.5 Å². The van der Waals surface area contributed by atoms with Gasteiger partial charge in [0.1, 0.15) is 5.82 Å². The summed E-state index contributed by atoms with van der Waals surface area (Å²) >= 11 is 5.57. The summed E-state index contributed by atoms with van der Waals surface area (Å²) in [6, 6.07) is 4.54. The van der Waals surface area contributed by atoms with Gasteiger partial charge in [-0.25, -0.2) is 4.39 Å². The third-order valence-electron chi connectivity index (χ3n) is 1.90. The van der Waals surface area contributed by atoms with E-state index in [0.29, 0.717) is 12.8 Å². The van der Waals surface area contributed by atoms with Crippen LogP contribution in [0.2, 0.25) is 5.02 Å². The highest BCUT2D eigenvalue weighted by molar-refractivity contribution is 6.30. The van der Waals surface area contributed by atoms with Gasteiger partial charge < -0.3 is 5.11 Å². The molecule has 1 N–H and O–H groups in total. The first-order chi connectivity index (χ1) is 6.66. The average Bonchev–Trinajstić information content (AvgIpc) is 2.18. The predicted molar refractivity (Wildman–Crippen MR) is 54.4 cm³/mol. The fourth-order valence-electron chi connectivity index (χ4n) is 1.15. The Kier molecular flexibility index (Phi) is 3.94. The maximum atomic E-state index is 13.3. The Morgan fingerprint density at radius 1 is 1.57 bits per heavy atom. The molecule has 0 aliphatic rings. The van der Waals surface area contributed by atoms with Gasteiger partial charge in [-0.3, -0.25) is 0 Å². The van der Waals surface area contributed by atoms with Crippen molar-refractivity contribution in [2.45, 2.75) is 18.9 Å². The Hall–Kier alpha value is -1.04. The van der Waals surface area contributed by atoms with Crippen LogP contribution in [0.4, 0.5) is 4.39 Å². The van der Waals surface area contributed by atoms with Crippen molar-refractivity contribution < 1.29 is 9.50 Å². The van der Waals surface area contributed by atoms with Gasteiger partial charge in [-0.2, -0.15) is 0 Å². The Labute approximate surface area is 87.5 Å². The number of hydrogen-bond donors (Lipinski definition) is 1. The molecule has 0 aromatic heterocycles. The van der Waals surface area contributed by atoms with E-state index in [-0.39, 0.29) is 10.6 Å². The van der Waals surface area contributed by atoms with E-state index >= 15 is 0 Å². The number of hydrogen-bond acceptors (Lipinski definition) is 1. The molecule has 0 radical (unpaired) electrons. The zero-order valence-electron chi connectivity index (χ0n) is 7.50. The number of rotatable bonds is 3. The van der Waals surface area contributed by atoms with E-state index in [2.05, 4.69) is 5.92 Å². The number of terminal acetylenes is 1. The van der Waals surface area contributed by atoms with E-state index in [9.17, 15) is 9.50 Å². The second kappa shape index (κ2) is 4.99. The smallest absolute Gasteiger partial charge is 0.147 e. The van der Waals surface area contributed by atoms with E-state index < -0.39 is 11.9 Å². The van der Waals surface area contributed by atoms with Crippen molar-refractivity contribution in [3.8, 4) is 12.3 Å². The lowest BCUT2D eigenvalue weighted by atomic mass is 10.0. The lowest BCUT2D eigenvalue weighted by molar-refractivity contribution is 0.165. The average molecular weight is 213 g/mol. The summed E-state index contributed by atoms with van der Waals surface area (Å²) in [5.74, 6) is 1.82. The highest BCUT2D eigenvalue weighted by atomic mass is 35.5. The van der Waals surface area contributed by atoms with Gasteiger partial charge in [-0.05, 0) is 12.5 Å². The van der Waals surface area contributed by atoms with E-state index in [4.69, 9.17) is 18.0 Å². The lowest BCUT2D eigenvalue weighted by Crippen LogP contribution is -2.00. The van der Waals surface area contributed by atoms with Gasteiger partial charge in [0.05, 0.1) is 11.1 Å². The summed E-state index contributed by atoms with van der Waals surface area (Å²) < 4.78 is 13.3. The van der Waals surface area contributed by atoms with Gasteiger partial charge in [0.15, 0.2) is 0 Å². The standard InChI is InChI=1S/C11H10ClFO/c1-2-3-7-10(14)8-5-4-6-9(12)11(8)13/h1,4-6,10,14H,3,7H2. The number of benzene rings is 1. The Morgan fingerprint density at radius 2 is 2.29 bits per heavy atom. The zero-order valence-corrected chi connectivity index (χ0v) is 8.26. The normalized spacial score (nSPS) is 12.1. The van der Waals surface area contributed by atoms with Crippen molar-refractivity contribution >= 4 is 11.6 Å². The predicted octanol–water partition coefficient (Wildman–Crippen LogP) is 2.93. The van der Waals surface area contributed by atoms with Crippen molar-refractivity contribution in [2.75, 3.05) is 0 Å². The van der Waals surface area contributed by atoms with Crippen LogP contribution in [0.25, 0.3) is 0 Å². The molecule has 0 heterocycles. The molecular weight excluding hydrogens is 203 g/mol. The summed E-state index contributed by atoms with van der Waals surface area (Å²) in [6.07, 6.45) is 4.91. The highest BCUT2D eigenvalue weighted by Crippen LogP contribution is 2.25. The minimum atomic E-state index is -0.884. The molecule has 0 fully saturated rings. The van der Waals surface area contributed by atoms with Gasteiger partial charge in [0, 0.05) is 12.0 Å². The van der Waals surface area contributed by atoms with Crippen LogP contribution >= 0.6 is 11.6 Å². The molecule has 0 bridgehead atoms. The summed E-state index contributed by atoms with van der Waals surface area (Å²) in [5.41, 5.74) is 0.202. The zero-order chi connectivity index (χ0) is 10.6. The first-order valence-corrected chi connectivity index (χ1v) is 4.60. The fourth-order valence-corrected chi connectivity index (χ4v) is 1.34. The van der Waals surface area contributed by atoms with Crippen molar-refractivity contribution in [3.63, 3.8) is 0 Å². The molecule has 0 aliphatic heterocycles. The molecule has 0 aliphatic carbocycles. The third-order valence-corrected chi connectivity index (χ3v) is 2.19. The summed E-state index contributed by atoms with van der Waals surface area (Å²) in [5, 5.41) is 9.58. The maximum Gasteiger partial charge on any atom is 0.147 e. The van der Waals surface area contributed by atoms with E-state index in [1.165, 1.54) is 12.1 Å². The molecule has 14 heavy (non-hydrogen) atoms. The first-order valence-electron chi connectivity index (χ1n) is 4.22. The van der Waals surface area contributed by atoms with Crippen LogP contribution in [-0.4, -0.2) is 5.11 Å². The molecule has 1 aromatic rings. The fraction of sp³-hybridized carbons (Fsp3) is 0.273. The van der Waals surface area contributed by atoms with Crippen LogP contribution in [-0.2, 0) is 0 Å². The van der Waals surface area contributed by atoms with Crippen LogP contribution in [0.3, 0.4) is 0 Å². The number of aliphatic hydroxyl groups is 1. The molecule has 0 spiro atoms.